The van der Waals surface area contributed by atoms with Crippen LogP contribution in [0.1, 0.15) is 28.9 Å². The first-order chi connectivity index (χ1) is 12.6. The fourth-order valence-electron chi connectivity index (χ4n) is 3.22. The van der Waals surface area contributed by atoms with Gasteiger partial charge in [0.2, 0.25) is 0 Å². The normalized spacial score (nSPS) is 16.9. The summed E-state index contributed by atoms with van der Waals surface area (Å²) in [6, 6.07) is 16.4. The highest BCUT2D eigenvalue weighted by Gasteiger charge is 2.29. The molecule has 0 bridgehead atoms. The molecule has 0 aliphatic carbocycles. The van der Waals surface area contributed by atoms with E-state index < -0.39 is 0 Å². The van der Waals surface area contributed by atoms with Crippen LogP contribution in [0, 0.1) is 0 Å². The highest BCUT2D eigenvalue weighted by Crippen LogP contribution is 2.13. The van der Waals surface area contributed by atoms with E-state index in [2.05, 4.69) is 22.7 Å². The number of ether oxygens (including phenoxy) is 1. The zero-order valence-corrected chi connectivity index (χ0v) is 14.8. The van der Waals surface area contributed by atoms with Gasteiger partial charge in [-0.1, -0.05) is 30.3 Å². The average Bonchev–Trinajstić information content (AvgIpc) is 2.68. The summed E-state index contributed by atoms with van der Waals surface area (Å²) < 4.78 is 5.48. The number of hydrogen-bond acceptors (Lipinski definition) is 4. The first-order valence-corrected chi connectivity index (χ1v) is 8.76. The number of morpholine rings is 1. The van der Waals surface area contributed by atoms with Crippen LogP contribution in [0.25, 0.3) is 0 Å². The minimum Gasteiger partial charge on any atom is -0.508 e. The Kier molecular flexibility index (Phi) is 5.99. The third kappa shape index (κ3) is 4.47. The molecule has 26 heavy (non-hydrogen) atoms. The van der Waals surface area contributed by atoms with Gasteiger partial charge < -0.3 is 14.7 Å². The number of hydrogen-bond donors (Lipinski definition) is 3. The number of amides is 1. The molecular weight excluding hydrogens is 330 g/mol. The minimum absolute atomic E-state index is 0.0696. The van der Waals surface area contributed by atoms with E-state index in [1.807, 2.05) is 25.1 Å². The second kappa shape index (κ2) is 8.60. The lowest BCUT2D eigenvalue weighted by atomic mass is 10.0. The standard InChI is InChI=1S/C20H23N3O3/c1-15(21-22-20(25)17-7-9-18(24)10-8-17)19(16-5-3-2-4-6-16)23-11-13-26-14-12-23/h2-10,19,24H,11-14H2,1H3,(H,22,25)/p+1/b21-15-/t19-/m0/s1. The molecule has 6 heteroatoms. The Labute approximate surface area is 153 Å². The predicted octanol–water partition coefficient (Wildman–Crippen LogP) is 1.15. The molecule has 0 spiro atoms. The molecular formula is C20H24N3O3+. The number of quaternary nitrogens is 1. The maximum atomic E-state index is 12.3. The van der Waals surface area contributed by atoms with Gasteiger partial charge in [-0.2, -0.15) is 5.10 Å². The Balaban J connectivity index is 1.77. The molecule has 0 saturated carbocycles. The Morgan fingerprint density at radius 3 is 2.42 bits per heavy atom. The molecule has 6 nitrogen and oxygen atoms in total. The number of carbonyl (C=O) groups excluding carboxylic acids is 1. The van der Waals surface area contributed by atoms with E-state index in [-0.39, 0.29) is 17.7 Å². The van der Waals surface area contributed by atoms with Crippen molar-refractivity contribution in [2.75, 3.05) is 26.3 Å². The van der Waals surface area contributed by atoms with Gasteiger partial charge in [-0.15, -0.1) is 0 Å². The summed E-state index contributed by atoms with van der Waals surface area (Å²) in [6.45, 7) is 5.20. The average molecular weight is 354 g/mol. The Bertz CT molecular complexity index is 754. The van der Waals surface area contributed by atoms with Gasteiger partial charge in [-0.3, -0.25) is 4.79 Å². The molecule has 0 unspecified atom stereocenters. The number of carbonyl (C=O) groups is 1. The van der Waals surface area contributed by atoms with Crippen LogP contribution in [0.4, 0.5) is 0 Å². The van der Waals surface area contributed by atoms with E-state index in [1.54, 1.807) is 12.1 Å². The van der Waals surface area contributed by atoms with Crippen LogP contribution in [0.15, 0.2) is 59.7 Å². The topological polar surface area (TPSA) is 75.4 Å². The molecule has 3 rings (SSSR count). The Hall–Kier alpha value is -2.70. The van der Waals surface area contributed by atoms with E-state index >= 15 is 0 Å². The van der Waals surface area contributed by atoms with Gasteiger partial charge in [0.15, 0.2) is 6.04 Å². The molecule has 1 aliphatic rings. The van der Waals surface area contributed by atoms with Gasteiger partial charge in [0.05, 0.1) is 18.9 Å². The fourth-order valence-corrected chi connectivity index (χ4v) is 3.22. The second-order valence-corrected chi connectivity index (χ2v) is 6.36. The Morgan fingerprint density at radius 1 is 1.12 bits per heavy atom. The molecule has 1 amide bonds. The first kappa shape index (κ1) is 18.1. The minimum atomic E-state index is -0.298. The van der Waals surface area contributed by atoms with Crippen molar-refractivity contribution in [3.05, 3.63) is 65.7 Å². The SMILES string of the molecule is C/C(=N/NC(=O)c1ccc(O)cc1)[C@@H](c1ccccc1)[NH+]1CCOCC1. The molecule has 2 aromatic carbocycles. The quantitative estimate of drug-likeness (QED) is 0.557. The summed E-state index contributed by atoms with van der Waals surface area (Å²) in [5, 5.41) is 13.7. The Morgan fingerprint density at radius 2 is 1.77 bits per heavy atom. The monoisotopic (exact) mass is 354 g/mol. The van der Waals surface area contributed by atoms with E-state index in [0.717, 1.165) is 32.0 Å². The van der Waals surface area contributed by atoms with E-state index in [0.29, 0.717) is 5.56 Å². The zero-order valence-electron chi connectivity index (χ0n) is 14.8. The summed E-state index contributed by atoms with van der Waals surface area (Å²) in [4.78, 5) is 13.6. The summed E-state index contributed by atoms with van der Waals surface area (Å²) >= 11 is 0. The molecule has 2 aromatic rings. The van der Waals surface area contributed by atoms with E-state index in [1.165, 1.54) is 22.6 Å². The lowest BCUT2D eigenvalue weighted by molar-refractivity contribution is -0.928. The number of phenols is 1. The van der Waals surface area contributed by atoms with Crippen LogP contribution in [0.3, 0.4) is 0 Å². The molecule has 0 radical (unpaired) electrons. The lowest BCUT2D eigenvalue weighted by Gasteiger charge is -2.31. The predicted molar refractivity (Wildman–Crippen MR) is 99.4 cm³/mol. The summed E-state index contributed by atoms with van der Waals surface area (Å²) in [7, 11) is 0. The van der Waals surface area contributed by atoms with Gasteiger partial charge in [0, 0.05) is 11.1 Å². The molecule has 1 heterocycles. The number of nitrogens with one attached hydrogen (secondary N) is 2. The van der Waals surface area contributed by atoms with Gasteiger partial charge in [-0.05, 0) is 31.2 Å². The van der Waals surface area contributed by atoms with Crippen LogP contribution in [-0.2, 0) is 4.74 Å². The number of benzene rings is 2. The lowest BCUT2D eigenvalue weighted by Crippen LogP contribution is -3.15. The fraction of sp³-hybridized carbons (Fsp3) is 0.300. The van der Waals surface area contributed by atoms with Gasteiger partial charge >= 0.3 is 0 Å². The van der Waals surface area contributed by atoms with Crippen LogP contribution in [0.2, 0.25) is 0 Å². The number of phenolic OH excluding ortho intramolecular Hbond substituents is 1. The maximum Gasteiger partial charge on any atom is 0.271 e. The molecule has 1 atom stereocenters. The van der Waals surface area contributed by atoms with Gasteiger partial charge in [0.1, 0.15) is 18.8 Å². The van der Waals surface area contributed by atoms with Crippen molar-refractivity contribution >= 4 is 11.6 Å². The maximum absolute atomic E-state index is 12.3. The van der Waals surface area contributed by atoms with Crippen molar-refractivity contribution in [2.24, 2.45) is 5.10 Å². The third-order valence-corrected chi connectivity index (χ3v) is 4.56. The summed E-state index contributed by atoms with van der Waals surface area (Å²) in [5.74, 6) is -0.172. The zero-order chi connectivity index (χ0) is 18.4. The molecule has 0 aromatic heterocycles. The van der Waals surface area contributed by atoms with Crippen molar-refractivity contribution in [1.29, 1.82) is 0 Å². The van der Waals surface area contributed by atoms with Crippen molar-refractivity contribution in [1.82, 2.24) is 5.43 Å². The molecule has 136 valence electrons. The van der Waals surface area contributed by atoms with Crippen molar-refractivity contribution in [2.45, 2.75) is 13.0 Å². The third-order valence-electron chi connectivity index (χ3n) is 4.56. The van der Waals surface area contributed by atoms with Crippen LogP contribution >= 0.6 is 0 Å². The van der Waals surface area contributed by atoms with Crippen LogP contribution in [-0.4, -0.2) is 43.0 Å². The van der Waals surface area contributed by atoms with Gasteiger partial charge in [0.25, 0.3) is 5.91 Å². The molecule has 3 N–H and O–H groups in total. The smallest absolute Gasteiger partial charge is 0.271 e. The number of rotatable bonds is 5. The highest BCUT2D eigenvalue weighted by molar-refractivity contribution is 5.96. The number of nitrogens with zero attached hydrogens (tertiary/aromatic N) is 1. The van der Waals surface area contributed by atoms with Crippen molar-refractivity contribution < 1.29 is 19.5 Å². The summed E-state index contributed by atoms with van der Waals surface area (Å²) in [6.07, 6.45) is 0. The summed E-state index contributed by atoms with van der Waals surface area (Å²) in [5.41, 5.74) is 5.10. The largest absolute Gasteiger partial charge is 0.508 e. The number of aromatic hydroxyl groups is 1. The van der Waals surface area contributed by atoms with Crippen molar-refractivity contribution in [3.8, 4) is 5.75 Å². The first-order valence-electron chi connectivity index (χ1n) is 8.76. The van der Waals surface area contributed by atoms with E-state index in [9.17, 15) is 9.90 Å². The second-order valence-electron chi connectivity index (χ2n) is 6.36. The molecule has 1 aliphatic heterocycles. The number of hydrazone groups is 1. The van der Waals surface area contributed by atoms with Gasteiger partial charge in [-0.25, -0.2) is 5.43 Å². The molecule has 1 saturated heterocycles. The van der Waals surface area contributed by atoms with Crippen molar-refractivity contribution in [3.63, 3.8) is 0 Å². The van der Waals surface area contributed by atoms with Crippen LogP contribution < -0.4 is 10.3 Å². The molecule has 1 fully saturated rings. The van der Waals surface area contributed by atoms with E-state index in [4.69, 9.17) is 4.74 Å². The van der Waals surface area contributed by atoms with Crippen LogP contribution in [0.5, 0.6) is 5.75 Å². The highest BCUT2D eigenvalue weighted by atomic mass is 16.5.